The van der Waals surface area contributed by atoms with Crippen LogP contribution in [0.4, 0.5) is 0 Å². The number of sulfonamides is 1. The van der Waals surface area contributed by atoms with Gasteiger partial charge in [-0.25, -0.2) is 13.1 Å². The van der Waals surface area contributed by atoms with Gasteiger partial charge in [-0.2, -0.15) is 5.26 Å². The van der Waals surface area contributed by atoms with Crippen LogP contribution in [0.25, 0.3) is 0 Å². The predicted molar refractivity (Wildman–Crippen MR) is 74.9 cm³/mol. The zero-order valence-electron chi connectivity index (χ0n) is 8.78. The zero-order chi connectivity index (χ0) is 12.9. The minimum absolute atomic E-state index is 0.00613. The Balaban J connectivity index is 2.96. The van der Waals surface area contributed by atoms with Gasteiger partial charge < -0.3 is 0 Å². The van der Waals surface area contributed by atoms with E-state index in [2.05, 4.69) is 27.3 Å². The first-order valence-electron chi connectivity index (χ1n) is 4.76. The van der Waals surface area contributed by atoms with Crippen molar-refractivity contribution in [3.63, 3.8) is 0 Å². The number of hydrogen-bond acceptors (Lipinski definition) is 3. The average molecular weight is 385 g/mol. The lowest BCUT2D eigenvalue weighted by Crippen LogP contribution is -2.25. The predicted octanol–water partition coefficient (Wildman–Crippen LogP) is 2.32. The Labute approximate surface area is 119 Å². The maximum atomic E-state index is 11.8. The van der Waals surface area contributed by atoms with Crippen LogP contribution in [0.3, 0.4) is 0 Å². The lowest BCUT2D eigenvalue weighted by molar-refractivity contribution is 0.581. The molecule has 4 nitrogen and oxygen atoms in total. The molecule has 0 atom stereocenters. The van der Waals surface area contributed by atoms with E-state index in [1.807, 2.05) is 6.07 Å². The van der Waals surface area contributed by atoms with Crippen molar-refractivity contribution in [1.29, 1.82) is 5.26 Å². The molecule has 0 spiro atoms. The van der Waals surface area contributed by atoms with Gasteiger partial charge in [0.1, 0.15) is 4.90 Å². The highest BCUT2D eigenvalue weighted by Crippen LogP contribution is 2.22. The molecule has 1 aromatic carbocycles. The topological polar surface area (TPSA) is 70.0 Å². The molecule has 0 aliphatic rings. The Morgan fingerprint density at radius 3 is 2.71 bits per heavy atom. The van der Waals surface area contributed by atoms with E-state index < -0.39 is 10.0 Å². The van der Waals surface area contributed by atoms with Crippen LogP contribution >= 0.6 is 34.2 Å². The number of alkyl halides is 1. The molecular weight excluding hydrogens is 375 g/mol. The molecule has 0 amide bonds. The Bertz CT molecular complexity index is 540. The summed E-state index contributed by atoms with van der Waals surface area (Å²) in [7, 11) is -3.58. The maximum Gasteiger partial charge on any atom is 0.242 e. The molecule has 0 radical (unpaired) electrons. The Kier molecular flexibility index (Phi) is 5.66. The second-order valence-electron chi connectivity index (χ2n) is 3.20. The number of benzene rings is 1. The molecule has 1 rings (SSSR count). The highest BCUT2D eigenvalue weighted by Gasteiger charge is 2.17. The Morgan fingerprint density at radius 2 is 2.18 bits per heavy atom. The van der Waals surface area contributed by atoms with Gasteiger partial charge in [-0.05, 0) is 24.6 Å². The van der Waals surface area contributed by atoms with Gasteiger partial charge in [0.25, 0.3) is 0 Å². The molecule has 0 aliphatic heterocycles. The van der Waals surface area contributed by atoms with E-state index in [4.69, 9.17) is 16.9 Å². The number of hydrogen-bond donors (Lipinski definition) is 1. The van der Waals surface area contributed by atoms with Gasteiger partial charge in [0, 0.05) is 11.0 Å². The molecule has 0 bridgehead atoms. The first kappa shape index (κ1) is 14.7. The number of halogens is 2. The monoisotopic (exact) mass is 384 g/mol. The second kappa shape index (κ2) is 6.54. The molecule has 0 saturated carbocycles. The summed E-state index contributed by atoms with van der Waals surface area (Å²) >= 11 is 8.01. The van der Waals surface area contributed by atoms with Crippen LogP contribution in [0.2, 0.25) is 5.02 Å². The van der Waals surface area contributed by atoms with Crippen LogP contribution in [0.5, 0.6) is 0 Å². The fourth-order valence-corrected chi connectivity index (χ4v) is 3.14. The van der Waals surface area contributed by atoms with E-state index >= 15 is 0 Å². The summed E-state index contributed by atoms with van der Waals surface area (Å²) in [6.07, 6.45) is 0.758. The number of rotatable bonds is 5. The summed E-state index contributed by atoms with van der Waals surface area (Å²) < 4.78 is 27.0. The Hall–Kier alpha value is -0.360. The van der Waals surface area contributed by atoms with Gasteiger partial charge in [0.2, 0.25) is 10.0 Å². The van der Waals surface area contributed by atoms with Crippen LogP contribution in [0, 0.1) is 11.3 Å². The zero-order valence-corrected chi connectivity index (χ0v) is 12.5. The van der Waals surface area contributed by atoms with E-state index in [1.165, 1.54) is 18.2 Å². The molecule has 0 heterocycles. The van der Waals surface area contributed by atoms with E-state index in [0.717, 1.165) is 10.8 Å². The van der Waals surface area contributed by atoms with Crippen LogP contribution in [0.1, 0.15) is 12.0 Å². The number of nitrogens with zero attached hydrogens (tertiary/aromatic N) is 1. The van der Waals surface area contributed by atoms with Crippen LogP contribution in [0.15, 0.2) is 23.1 Å². The van der Waals surface area contributed by atoms with Crippen LogP contribution in [-0.2, 0) is 10.0 Å². The average Bonchev–Trinajstić information content (AvgIpc) is 2.28. The molecule has 1 aromatic rings. The molecule has 0 fully saturated rings. The van der Waals surface area contributed by atoms with Crippen LogP contribution < -0.4 is 4.72 Å². The number of nitrogens with one attached hydrogen (secondary N) is 1. The van der Waals surface area contributed by atoms with Gasteiger partial charge in [-0.15, -0.1) is 0 Å². The largest absolute Gasteiger partial charge is 0.242 e. The molecule has 0 aromatic heterocycles. The molecule has 0 saturated heterocycles. The summed E-state index contributed by atoms with van der Waals surface area (Å²) in [5.74, 6) is 0. The van der Waals surface area contributed by atoms with Gasteiger partial charge in [-0.1, -0.05) is 34.2 Å². The first-order chi connectivity index (χ1) is 8.01. The fourth-order valence-electron chi connectivity index (χ4n) is 1.14. The van der Waals surface area contributed by atoms with Crippen molar-refractivity contribution in [3.05, 3.63) is 28.8 Å². The molecule has 1 N–H and O–H groups in total. The van der Waals surface area contributed by atoms with Crippen molar-refractivity contribution in [3.8, 4) is 6.07 Å². The molecule has 92 valence electrons. The first-order valence-corrected chi connectivity index (χ1v) is 8.15. The number of nitriles is 1. The van der Waals surface area contributed by atoms with Crippen molar-refractivity contribution >= 4 is 44.2 Å². The maximum absolute atomic E-state index is 11.8. The molecular formula is C10H10ClIN2O2S. The lowest BCUT2D eigenvalue weighted by atomic mass is 10.2. The summed E-state index contributed by atoms with van der Waals surface area (Å²) in [5, 5.41) is 8.72. The van der Waals surface area contributed by atoms with Crippen molar-refractivity contribution in [2.75, 3.05) is 11.0 Å². The highest BCUT2D eigenvalue weighted by atomic mass is 127. The van der Waals surface area contributed by atoms with Crippen molar-refractivity contribution in [1.82, 2.24) is 4.72 Å². The third kappa shape index (κ3) is 4.10. The summed E-state index contributed by atoms with van der Waals surface area (Å²) in [6, 6.07) is 6.01. The normalized spacial score (nSPS) is 11.1. The van der Waals surface area contributed by atoms with E-state index in [9.17, 15) is 8.42 Å². The summed E-state index contributed by atoms with van der Waals surface area (Å²) in [6.45, 7) is 0.377. The smallest absolute Gasteiger partial charge is 0.211 e. The molecule has 17 heavy (non-hydrogen) atoms. The minimum atomic E-state index is -3.58. The van der Waals surface area contributed by atoms with Gasteiger partial charge in [-0.3, -0.25) is 0 Å². The van der Waals surface area contributed by atoms with E-state index in [-0.39, 0.29) is 9.92 Å². The van der Waals surface area contributed by atoms with Crippen molar-refractivity contribution < 1.29 is 8.42 Å². The summed E-state index contributed by atoms with van der Waals surface area (Å²) in [4.78, 5) is 0.00613. The third-order valence-corrected chi connectivity index (χ3v) is 4.66. The quantitative estimate of drug-likeness (QED) is 0.481. The summed E-state index contributed by atoms with van der Waals surface area (Å²) in [5.41, 5.74) is 0.334. The molecule has 0 unspecified atom stereocenters. The van der Waals surface area contributed by atoms with Gasteiger partial charge in [0.15, 0.2) is 0 Å². The highest BCUT2D eigenvalue weighted by molar-refractivity contribution is 14.1. The Morgan fingerprint density at radius 1 is 1.47 bits per heavy atom. The standard InChI is InChI=1S/C10H10ClIN2O2S/c11-9-6-8(7-13)2-3-10(9)17(15,16)14-5-1-4-12/h2-3,6,14H,1,4-5H2. The minimum Gasteiger partial charge on any atom is -0.211 e. The molecule has 0 aliphatic carbocycles. The SMILES string of the molecule is N#Cc1ccc(S(=O)(=O)NCCCI)c(Cl)c1. The van der Waals surface area contributed by atoms with Gasteiger partial charge >= 0.3 is 0 Å². The van der Waals surface area contributed by atoms with E-state index in [0.29, 0.717) is 12.1 Å². The third-order valence-electron chi connectivity index (χ3n) is 1.95. The molecule has 7 heteroatoms. The second-order valence-corrected chi connectivity index (χ2v) is 6.42. The van der Waals surface area contributed by atoms with Crippen molar-refractivity contribution in [2.45, 2.75) is 11.3 Å². The van der Waals surface area contributed by atoms with E-state index in [1.54, 1.807) is 0 Å². The van der Waals surface area contributed by atoms with Crippen molar-refractivity contribution in [2.24, 2.45) is 0 Å². The lowest BCUT2D eigenvalue weighted by Gasteiger charge is -2.07. The van der Waals surface area contributed by atoms with Crippen LogP contribution in [-0.4, -0.2) is 19.4 Å². The fraction of sp³-hybridized carbons (Fsp3) is 0.300. The van der Waals surface area contributed by atoms with Gasteiger partial charge in [0.05, 0.1) is 16.7 Å².